The van der Waals surface area contributed by atoms with Crippen molar-refractivity contribution in [1.82, 2.24) is 20.4 Å². The second kappa shape index (κ2) is 6.77. The molecule has 0 aliphatic heterocycles. The first kappa shape index (κ1) is 15.0. The summed E-state index contributed by atoms with van der Waals surface area (Å²) in [6, 6.07) is 0.514. The van der Waals surface area contributed by atoms with Gasteiger partial charge in [-0.15, -0.1) is 0 Å². The molecular formula is C12H20N4O3. The number of aliphatic carboxylic acids is 1. The predicted molar refractivity (Wildman–Crippen MR) is 69.7 cm³/mol. The van der Waals surface area contributed by atoms with Crippen molar-refractivity contribution in [3.05, 3.63) is 18.0 Å². The number of hydrogen-bond donors (Lipinski definition) is 3. The van der Waals surface area contributed by atoms with Gasteiger partial charge in [0.1, 0.15) is 6.04 Å². The maximum Gasteiger partial charge on any atom is 0.326 e. The SMILES string of the molecule is CC(C)C(NC(=O)NCCc1ccn(C)n1)C(=O)O. The van der Waals surface area contributed by atoms with Gasteiger partial charge in [-0.05, 0) is 12.0 Å². The fraction of sp³-hybridized carbons (Fsp3) is 0.583. The summed E-state index contributed by atoms with van der Waals surface area (Å²) in [7, 11) is 1.82. The highest BCUT2D eigenvalue weighted by atomic mass is 16.4. The minimum absolute atomic E-state index is 0.168. The highest BCUT2D eigenvalue weighted by Crippen LogP contribution is 2.01. The molecule has 106 valence electrons. The molecule has 0 fully saturated rings. The molecule has 1 aromatic heterocycles. The zero-order chi connectivity index (χ0) is 14.4. The Morgan fingerprint density at radius 2 is 2.16 bits per heavy atom. The minimum atomic E-state index is -1.03. The van der Waals surface area contributed by atoms with Gasteiger partial charge >= 0.3 is 12.0 Å². The number of carboxylic acids is 1. The van der Waals surface area contributed by atoms with Crippen LogP contribution in [0.25, 0.3) is 0 Å². The molecule has 7 heteroatoms. The average Bonchev–Trinajstić information content (AvgIpc) is 2.71. The first-order valence-corrected chi connectivity index (χ1v) is 6.16. The molecule has 0 aromatic carbocycles. The standard InChI is InChI=1S/C12H20N4O3/c1-8(2)10(11(17)18)14-12(19)13-6-4-9-5-7-16(3)15-9/h5,7-8,10H,4,6H2,1-3H3,(H,17,18)(H2,13,14,19). The lowest BCUT2D eigenvalue weighted by Gasteiger charge is -2.18. The smallest absolute Gasteiger partial charge is 0.326 e. The summed E-state index contributed by atoms with van der Waals surface area (Å²) in [6.45, 7) is 3.90. The number of rotatable bonds is 6. The van der Waals surface area contributed by atoms with Crippen LogP contribution in [0.2, 0.25) is 0 Å². The van der Waals surface area contributed by atoms with E-state index < -0.39 is 18.0 Å². The summed E-state index contributed by atoms with van der Waals surface area (Å²) in [6.07, 6.45) is 2.43. The van der Waals surface area contributed by atoms with E-state index in [-0.39, 0.29) is 5.92 Å². The fourth-order valence-corrected chi connectivity index (χ4v) is 1.61. The molecule has 0 radical (unpaired) electrons. The van der Waals surface area contributed by atoms with Crippen molar-refractivity contribution >= 4 is 12.0 Å². The van der Waals surface area contributed by atoms with Gasteiger partial charge in [0.15, 0.2) is 0 Å². The van der Waals surface area contributed by atoms with E-state index in [4.69, 9.17) is 5.11 Å². The summed E-state index contributed by atoms with van der Waals surface area (Å²) in [5.41, 5.74) is 0.876. The van der Waals surface area contributed by atoms with Crippen molar-refractivity contribution in [2.24, 2.45) is 13.0 Å². The molecule has 0 spiro atoms. The Labute approximate surface area is 112 Å². The van der Waals surface area contributed by atoms with Gasteiger partial charge in [-0.2, -0.15) is 5.10 Å². The first-order chi connectivity index (χ1) is 8.90. The molecule has 0 bridgehead atoms. The molecule has 0 saturated heterocycles. The van der Waals surface area contributed by atoms with Crippen LogP contribution in [-0.2, 0) is 18.3 Å². The van der Waals surface area contributed by atoms with Crippen LogP contribution in [0.4, 0.5) is 4.79 Å². The molecule has 3 N–H and O–H groups in total. The second-order valence-electron chi connectivity index (χ2n) is 4.69. The number of nitrogens with one attached hydrogen (secondary N) is 2. The lowest BCUT2D eigenvalue weighted by Crippen LogP contribution is -2.48. The maximum atomic E-state index is 11.5. The molecule has 0 aliphatic carbocycles. The average molecular weight is 268 g/mol. The van der Waals surface area contributed by atoms with Gasteiger partial charge in [-0.1, -0.05) is 13.8 Å². The van der Waals surface area contributed by atoms with Gasteiger partial charge in [-0.3, -0.25) is 4.68 Å². The van der Waals surface area contributed by atoms with Gasteiger partial charge in [0, 0.05) is 26.2 Å². The zero-order valence-corrected chi connectivity index (χ0v) is 11.4. The number of urea groups is 1. The summed E-state index contributed by atoms with van der Waals surface area (Å²) in [4.78, 5) is 22.5. The van der Waals surface area contributed by atoms with Crippen LogP contribution in [0.3, 0.4) is 0 Å². The molecule has 1 heterocycles. The van der Waals surface area contributed by atoms with Crippen LogP contribution in [0.15, 0.2) is 12.3 Å². The molecule has 7 nitrogen and oxygen atoms in total. The number of aromatic nitrogens is 2. The molecule has 0 saturated carbocycles. The van der Waals surface area contributed by atoms with Gasteiger partial charge in [-0.25, -0.2) is 9.59 Å². The Morgan fingerprint density at radius 1 is 1.47 bits per heavy atom. The first-order valence-electron chi connectivity index (χ1n) is 6.16. The van der Waals surface area contributed by atoms with E-state index in [2.05, 4.69) is 15.7 Å². The van der Waals surface area contributed by atoms with Crippen molar-refractivity contribution in [3.63, 3.8) is 0 Å². The van der Waals surface area contributed by atoms with E-state index in [1.54, 1.807) is 18.5 Å². The van der Waals surface area contributed by atoms with Crippen molar-refractivity contribution in [3.8, 4) is 0 Å². The molecular weight excluding hydrogens is 248 g/mol. The monoisotopic (exact) mass is 268 g/mol. The minimum Gasteiger partial charge on any atom is -0.480 e. The third-order valence-electron chi connectivity index (χ3n) is 2.65. The number of amides is 2. The van der Waals surface area contributed by atoms with E-state index in [9.17, 15) is 9.59 Å². The lowest BCUT2D eigenvalue weighted by atomic mass is 10.1. The maximum absolute atomic E-state index is 11.5. The quantitative estimate of drug-likeness (QED) is 0.694. The summed E-state index contributed by atoms with van der Waals surface area (Å²) in [5.74, 6) is -1.20. The van der Waals surface area contributed by atoms with Crippen LogP contribution < -0.4 is 10.6 Å². The Kier molecular flexibility index (Phi) is 5.35. The Morgan fingerprint density at radius 3 is 2.63 bits per heavy atom. The van der Waals surface area contributed by atoms with Gasteiger partial charge < -0.3 is 15.7 Å². The predicted octanol–water partition coefficient (Wildman–Crippen LogP) is 0.371. The number of nitrogens with zero attached hydrogens (tertiary/aromatic N) is 2. The normalized spacial score (nSPS) is 12.2. The van der Waals surface area contributed by atoms with Gasteiger partial charge in [0.25, 0.3) is 0 Å². The number of carbonyl (C=O) groups is 2. The topological polar surface area (TPSA) is 96.3 Å². The highest BCUT2D eigenvalue weighted by molar-refractivity contribution is 5.82. The number of hydrogen-bond acceptors (Lipinski definition) is 3. The molecule has 1 atom stereocenters. The number of carbonyl (C=O) groups excluding carboxylic acids is 1. The zero-order valence-electron chi connectivity index (χ0n) is 11.4. The Bertz CT molecular complexity index is 442. The van der Waals surface area contributed by atoms with E-state index >= 15 is 0 Å². The summed E-state index contributed by atoms with van der Waals surface area (Å²) < 4.78 is 1.69. The fourth-order valence-electron chi connectivity index (χ4n) is 1.61. The molecule has 1 rings (SSSR count). The molecule has 19 heavy (non-hydrogen) atoms. The Balaban J connectivity index is 2.33. The van der Waals surface area contributed by atoms with E-state index in [1.165, 1.54) is 0 Å². The van der Waals surface area contributed by atoms with Gasteiger partial charge in [0.05, 0.1) is 5.69 Å². The largest absolute Gasteiger partial charge is 0.480 e. The second-order valence-corrected chi connectivity index (χ2v) is 4.69. The molecule has 0 aliphatic rings. The lowest BCUT2D eigenvalue weighted by molar-refractivity contribution is -0.140. The van der Waals surface area contributed by atoms with Crippen LogP contribution in [0.5, 0.6) is 0 Å². The van der Waals surface area contributed by atoms with Crippen LogP contribution >= 0.6 is 0 Å². The third kappa shape index (κ3) is 4.99. The third-order valence-corrected chi connectivity index (χ3v) is 2.65. The van der Waals surface area contributed by atoms with E-state index in [0.29, 0.717) is 13.0 Å². The van der Waals surface area contributed by atoms with Crippen molar-refractivity contribution in [2.75, 3.05) is 6.54 Å². The van der Waals surface area contributed by atoms with Crippen molar-refractivity contribution < 1.29 is 14.7 Å². The van der Waals surface area contributed by atoms with E-state index in [0.717, 1.165) is 5.69 Å². The van der Waals surface area contributed by atoms with Crippen molar-refractivity contribution in [1.29, 1.82) is 0 Å². The summed E-state index contributed by atoms with van der Waals surface area (Å²) >= 11 is 0. The number of aryl methyl sites for hydroxylation is 1. The molecule has 1 unspecified atom stereocenters. The van der Waals surface area contributed by atoms with Gasteiger partial charge in [0.2, 0.25) is 0 Å². The summed E-state index contributed by atoms with van der Waals surface area (Å²) in [5, 5.41) is 18.2. The van der Waals surface area contributed by atoms with E-state index in [1.807, 2.05) is 19.3 Å². The van der Waals surface area contributed by atoms with Crippen LogP contribution in [0.1, 0.15) is 19.5 Å². The molecule has 1 aromatic rings. The number of carboxylic acid groups (broad SMARTS) is 1. The van der Waals surface area contributed by atoms with Crippen LogP contribution in [-0.4, -0.2) is 39.5 Å². The van der Waals surface area contributed by atoms with Crippen molar-refractivity contribution in [2.45, 2.75) is 26.3 Å². The van der Waals surface area contributed by atoms with Crippen LogP contribution in [0, 0.1) is 5.92 Å². The Hall–Kier alpha value is -2.05. The molecule has 2 amide bonds. The highest BCUT2D eigenvalue weighted by Gasteiger charge is 2.22.